The van der Waals surface area contributed by atoms with Gasteiger partial charge in [-0.2, -0.15) is 0 Å². The van der Waals surface area contributed by atoms with Gasteiger partial charge >= 0.3 is 6.09 Å². The molecule has 0 radical (unpaired) electrons. The molecule has 9 heteroatoms. The van der Waals surface area contributed by atoms with E-state index in [-0.39, 0.29) is 17.9 Å². The smallest absolute Gasteiger partial charge is 0.407 e. The Morgan fingerprint density at radius 1 is 1.15 bits per heavy atom. The maximum atomic E-state index is 13.6. The van der Waals surface area contributed by atoms with E-state index >= 15 is 0 Å². The molecule has 4 rings (SSSR count). The number of alkyl carbamates (subject to hydrolysis) is 1. The van der Waals surface area contributed by atoms with Gasteiger partial charge < -0.3 is 20.3 Å². The van der Waals surface area contributed by atoms with E-state index in [1.54, 1.807) is 18.3 Å². The third kappa shape index (κ3) is 5.75. The molecule has 1 fully saturated rings. The molecular weight excluding hydrogens is 452 g/mol. The number of thiophene rings is 1. The number of piperidine rings is 1. The molecule has 2 aliphatic rings. The Bertz CT molecular complexity index is 1050. The summed E-state index contributed by atoms with van der Waals surface area (Å²) in [5.41, 5.74) is 1.63. The average Bonchev–Trinajstić information content (AvgIpc) is 3.16. The van der Waals surface area contributed by atoms with Crippen molar-refractivity contribution in [3.05, 3.63) is 46.1 Å². The van der Waals surface area contributed by atoms with Crippen LogP contribution in [-0.2, 0) is 17.6 Å². The van der Waals surface area contributed by atoms with E-state index in [1.165, 1.54) is 22.4 Å². The summed E-state index contributed by atoms with van der Waals surface area (Å²) in [7, 11) is 0. The first kappa shape index (κ1) is 24.2. The van der Waals surface area contributed by atoms with Crippen molar-refractivity contribution in [2.45, 2.75) is 70.9 Å². The minimum absolute atomic E-state index is 0.0277. The molecule has 0 bridgehead atoms. The van der Waals surface area contributed by atoms with Gasteiger partial charge in [0.1, 0.15) is 10.6 Å². The van der Waals surface area contributed by atoms with Crippen molar-refractivity contribution in [3.63, 3.8) is 0 Å². The summed E-state index contributed by atoms with van der Waals surface area (Å²) < 4.78 is 5.35. The van der Waals surface area contributed by atoms with Gasteiger partial charge in [0.15, 0.2) is 0 Å². The monoisotopic (exact) mass is 484 g/mol. The second-order valence-corrected chi connectivity index (χ2v) is 10.9. The molecule has 0 spiro atoms. The maximum absolute atomic E-state index is 13.6. The highest BCUT2D eigenvalue weighted by Gasteiger charge is 2.32. The van der Waals surface area contributed by atoms with Crippen LogP contribution in [0.2, 0.25) is 0 Å². The number of hydrogen-bond donors (Lipinski definition) is 2. The molecule has 2 N–H and O–H groups in total. The van der Waals surface area contributed by atoms with Crippen molar-refractivity contribution in [3.8, 4) is 0 Å². The Labute approximate surface area is 204 Å². The van der Waals surface area contributed by atoms with E-state index in [1.807, 2.05) is 25.7 Å². The van der Waals surface area contributed by atoms with Crippen molar-refractivity contribution < 1.29 is 19.1 Å². The Morgan fingerprint density at radius 2 is 1.88 bits per heavy atom. The molecule has 0 saturated carbocycles. The van der Waals surface area contributed by atoms with Crippen LogP contribution < -0.4 is 10.6 Å². The first-order chi connectivity index (χ1) is 16.2. The molecule has 182 valence electrons. The molecular formula is C25H32N4O4S. The van der Waals surface area contributed by atoms with E-state index in [9.17, 15) is 14.4 Å². The molecule has 34 heavy (non-hydrogen) atoms. The van der Waals surface area contributed by atoms with Crippen LogP contribution in [0.15, 0.2) is 24.5 Å². The standard InChI is InChI=1S/C25H32N4O4S/c1-25(2,3)33-24(32)27-17-10-13-29(14-11-17)23(31)20-18-8-4-5-9-19(18)34-22(20)28-21(30)16-7-6-12-26-15-16/h6-7,12,15,17H,4-5,8-11,13-14H2,1-3H3,(H,27,32)(H,28,30). The number of ether oxygens (including phenoxy) is 1. The summed E-state index contributed by atoms with van der Waals surface area (Å²) in [6, 6.07) is 3.40. The third-order valence-corrected chi connectivity index (χ3v) is 7.25. The number of amides is 3. The minimum Gasteiger partial charge on any atom is -0.444 e. The van der Waals surface area contributed by atoms with Gasteiger partial charge in [-0.1, -0.05) is 0 Å². The fourth-order valence-corrected chi connectivity index (χ4v) is 5.69. The number of fused-ring (bicyclic) bond motifs is 1. The maximum Gasteiger partial charge on any atom is 0.407 e. The van der Waals surface area contributed by atoms with Crippen molar-refractivity contribution in [2.24, 2.45) is 0 Å². The van der Waals surface area contributed by atoms with Crippen LogP contribution in [0.3, 0.4) is 0 Å². The van der Waals surface area contributed by atoms with Gasteiger partial charge in [-0.05, 0) is 77.0 Å². The molecule has 8 nitrogen and oxygen atoms in total. The van der Waals surface area contributed by atoms with Gasteiger partial charge in [0.05, 0.1) is 11.1 Å². The van der Waals surface area contributed by atoms with E-state index in [0.717, 1.165) is 31.2 Å². The molecule has 3 amide bonds. The zero-order chi connectivity index (χ0) is 24.3. The van der Waals surface area contributed by atoms with E-state index < -0.39 is 11.7 Å². The predicted octanol–water partition coefficient (Wildman–Crippen LogP) is 4.40. The lowest BCUT2D eigenvalue weighted by molar-refractivity contribution is 0.0473. The highest BCUT2D eigenvalue weighted by atomic mass is 32.1. The first-order valence-electron chi connectivity index (χ1n) is 11.9. The van der Waals surface area contributed by atoms with Crippen molar-refractivity contribution in [2.75, 3.05) is 18.4 Å². The fourth-order valence-electron chi connectivity index (χ4n) is 4.41. The average molecular weight is 485 g/mol. The minimum atomic E-state index is -0.546. The summed E-state index contributed by atoms with van der Waals surface area (Å²) >= 11 is 1.52. The highest BCUT2D eigenvalue weighted by Crippen LogP contribution is 2.39. The second-order valence-electron chi connectivity index (χ2n) is 9.82. The molecule has 0 unspecified atom stereocenters. The van der Waals surface area contributed by atoms with Gasteiger partial charge in [-0.3, -0.25) is 14.6 Å². The molecule has 1 saturated heterocycles. The molecule has 3 heterocycles. The number of nitrogens with zero attached hydrogens (tertiary/aromatic N) is 2. The lowest BCUT2D eigenvalue weighted by Gasteiger charge is -2.33. The van der Waals surface area contributed by atoms with Crippen molar-refractivity contribution in [1.29, 1.82) is 0 Å². The second kappa shape index (κ2) is 10.1. The van der Waals surface area contributed by atoms with E-state index in [4.69, 9.17) is 4.74 Å². The van der Waals surface area contributed by atoms with E-state index in [0.29, 0.717) is 42.1 Å². The van der Waals surface area contributed by atoms with Gasteiger partial charge in [0, 0.05) is 36.4 Å². The molecule has 2 aromatic heterocycles. The predicted molar refractivity (Wildman–Crippen MR) is 131 cm³/mol. The largest absolute Gasteiger partial charge is 0.444 e. The zero-order valence-electron chi connectivity index (χ0n) is 20.0. The number of anilines is 1. The number of hydrogen-bond acceptors (Lipinski definition) is 6. The number of likely N-dealkylation sites (tertiary alicyclic amines) is 1. The molecule has 1 aliphatic heterocycles. The quantitative estimate of drug-likeness (QED) is 0.670. The van der Waals surface area contributed by atoms with Gasteiger partial charge in [0.25, 0.3) is 11.8 Å². The topological polar surface area (TPSA) is 101 Å². The SMILES string of the molecule is CC(C)(C)OC(=O)NC1CCN(C(=O)c2c(NC(=O)c3cccnc3)sc3c2CCCC3)CC1. The number of rotatable bonds is 4. The molecule has 1 aliphatic carbocycles. The summed E-state index contributed by atoms with van der Waals surface area (Å²) in [6.45, 7) is 6.58. The van der Waals surface area contributed by atoms with Crippen LogP contribution in [0.5, 0.6) is 0 Å². The molecule has 0 aromatic carbocycles. The van der Waals surface area contributed by atoms with Gasteiger partial charge in [-0.15, -0.1) is 11.3 Å². The Hall–Kier alpha value is -2.94. The van der Waals surface area contributed by atoms with Crippen molar-refractivity contribution in [1.82, 2.24) is 15.2 Å². The number of nitrogens with one attached hydrogen (secondary N) is 2. The Morgan fingerprint density at radius 3 is 2.56 bits per heavy atom. The summed E-state index contributed by atoms with van der Waals surface area (Å²) in [5.74, 6) is -0.308. The van der Waals surface area contributed by atoms with Crippen LogP contribution in [0.25, 0.3) is 0 Å². The van der Waals surface area contributed by atoms with Crippen LogP contribution in [-0.4, -0.2) is 52.5 Å². The van der Waals surface area contributed by atoms with Gasteiger partial charge in [0.2, 0.25) is 0 Å². The number of carbonyl (C=O) groups excluding carboxylic acids is 3. The molecule has 0 atom stereocenters. The van der Waals surface area contributed by atoms with Crippen LogP contribution in [0.4, 0.5) is 9.80 Å². The number of carbonyl (C=O) groups is 3. The summed E-state index contributed by atoms with van der Waals surface area (Å²) in [4.78, 5) is 45.6. The zero-order valence-corrected chi connectivity index (χ0v) is 20.8. The van der Waals surface area contributed by atoms with Crippen LogP contribution in [0.1, 0.15) is 77.6 Å². The fraction of sp³-hybridized carbons (Fsp3) is 0.520. The van der Waals surface area contributed by atoms with Crippen molar-refractivity contribution >= 4 is 34.2 Å². The number of pyridine rings is 1. The first-order valence-corrected chi connectivity index (χ1v) is 12.7. The Balaban J connectivity index is 1.46. The number of aryl methyl sites for hydroxylation is 1. The van der Waals surface area contributed by atoms with Gasteiger partial charge in [-0.25, -0.2) is 4.79 Å². The highest BCUT2D eigenvalue weighted by molar-refractivity contribution is 7.17. The lowest BCUT2D eigenvalue weighted by Crippen LogP contribution is -2.47. The summed E-state index contributed by atoms with van der Waals surface area (Å²) in [5, 5.41) is 6.52. The third-order valence-electron chi connectivity index (χ3n) is 6.04. The normalized spacial score (nSPS) is 16.5. The molecule has 2 aromatic rings. The Kier molecular flexibility index (Phi) is 7.21. The van der Waals surface area contributed by atoms with Crippen LogP contribution in [0, 0.1) is 0 Å². The number of aromatic nitrogens is 1. The van der Waals surface area contributed by atoms with Crippen LogP contribution >= 0.6 is 11.3 Å². The van der Waals surface area contributed by atoms with E-state index in [2.05, 4.69) is 15.6 Å². The summed E-state index contributed by atoms with van der Waals surface area (Å²) in [6.07, 6.45) is 7.97. The lowest BCUT2D eigenvalue weighted by atomic mass is 9.94.